The van der Waals surface area contributed by atoms with Gasteiger partial charge >= 0.3 is 0 Å². The molecule has 1 amide bonds. The fourth-order valence-electron chi connectivity index (χ4n) is 2.79. The molecule has 26 heavy (non-hydrogen) atoms. The maximum absolute atomic E-state index is 12.4. The molecule has 5 nitrogen and oxygen atoms in total. The highest BCUT2D eigenvalue weighted by Gasteiger charge is 2.14. The van der Waals surface area contributed by atoms with Gasteiger partial charge < -0.3 is 14.8 Å². The SMILES string of the molecule is O=C(NC(=S)Nc1cccc2cc(O)ccc12)c1cc2ccccc2o1. The fourth-order valence-corrected chi connectivity index (χ4v) is 2.99. The first-order valence-electron chi connectivity index (χ1n) is 7.93. The number of phenols is 1. The minimum atomic E-state index is -0.420. The van der Waals surface area contributed by atoms with Crippen LogP contribution >= 0.6 is 12.2 Å². The van der Waals surface area contributed by atoms with Crippen LogP contribution < -0.4 is 10.6 Å². The molecule has 4 aromatic rings. The Morgan fingerprint density at radius 1 is 0.962 bits per heavy atom. The molecule has 0 fully saturated rings. The second-order valence-electron chi connectivity index (χ2n) is 5.77. The van der Waals surface area contributed by atoms with Crippen molar-refractivity contribution in [3.8, 4) is 5.75 Å². The molecule has 0 aliphatic carbocycles. The van der Waals surface area contributed by atoms with Crippen LogP contribution in [0, 0.1) is 0 Å². The molecule has 0 aliphatic heterocycles. The number of carbonyl (C=O) groups excluding carboxylic acids is 1. The molecule has 0 unspecified atom stereocenters. The summed E-state index contributed by atoms with van der Waals surface area (Å²) in [5.74, 6) is -0.0369. The van der Waals surface area contributed by atoms with Gasteiger partial charge in [-0.15, -0.1) is 0 Å². The lowest BCUT2D eigenvalue weighted by atomic mass is 10.1. The summed E-state index contributed by atoms with van der Waals surface area (Å²) in [7, 11) is 0. The molecule has 3 N–H and O–H groups in total. The molecule has 1 aromatic heterocycles. The molecule has 0 bridgehead atoms. The predicted molar refractivity (Wildman–Crippen MR) is 106 cm³/mol. The molecular formula is C20H14N2O3S. The molecule has 0 spiro atoms. The van der Waals surface area contributed by atoms with Crippen LogP contribution in [0.2, 0.25) is 0 Å². The summed E-state index contributed by atoms with van der Waals surface area (Å²) in [5.41, 5.74) is 1.38. The molecule has 1 heterocycles. The maximum Gasteiger partial charge on any atom is 0.293 e. The summed E-state index contributed by atoms with van der Waals surface area (Å²) in [6, 6.07) is 19.7. The van der Waals surface area contributed by atoms with Crippen molar-refractivity contribution in [1.82, 2.24) is 5.32 Å². The van der Waals surface area contributed by atoms with Gasteiger partial charge in [-0.2, -0.15) is 0 Å². The van der Waals surface area contributed by atoms with E-state index < -0.39 is 5.91 Å². The zero-order valence-corrected chi connectivity index (χ0v) is 14.3. The van der Waals surface area contributed by atoms with Crippen LogP contribution in [0.3, 0.4) is 0 Å². The van der Waals surface area contributed by atoms with Crippen molar-refractivity contribution >= 4 is 50.7 Å². The van der Waals surface area contributed by atoms with Crippen LogP contribution in [0.25, 0.3) is 21.7 Å². The number of thiocarbonyl (C=S) groups is 1. The van der Waals surface area contributed by atoms with Gasteiger partial charge in [-0.05, 0) is 54.0 Å². The van der Waals surface area contributed by atoms with E-state index in [-0.39, 0.29) is 16.6 Å². The Balaban J connectivity index is 1.53. The molecule has 4 rings (SSSR count). The number of furan rings is 1. The van der Waals surface area contributed by atoms with Crippen molar-refractivity contribution in [2.75, 3.05) is 5.32 Å². The quantitative estimate of drug-likeness (QED) is 0.460. The maximum atomic E-state index is 12.4. The monoisotopic (exact) mass is 362 g/mol. The predicted octanol–water partition coefficient (Wildman–Crippen LogP) is 4.42. The summed E-state index contributed by atoms with van der Waals surface area (Å²) in [4.78, 5) is 12.4. The Kier molecular flexibility index (Phi) is 4.02. The van der Waals surface area contributed by atoms with E-state index in [1.165, 1.54) is 0 Å². The van der Waals surface area contributed by atoms with Crippen molar-refractivity contribution in [2.45, 2.75) is 0 Å². The summed E-state index contributed by atoms with van der Waals surface area (Å²) in [5, 5.41) is 18.0. The number of aromatic hydroxyl groups is 1. The highest BCUT2D eigenvalue weighted by molar-refractivity contribution is 7.80. The standard InChI is InChI=1S/C20H14N2O3S/c23-14-8-9-15-12(10-14)5-3-6-16(15)21-20(26)22-19(24)18-11-13-4-1-2-7-17(13)25-18/h1-11,23H,(H2,21,22,24,26). The number of benzene rings is 3. The molecule has 3 aromatic carbocycles. The van der Waals surface area contributed by atoms with Crippen LogP contribution in [-0.4, -0.2) is 16.1 Å². The van der Waals surface area contributed by atoms with Crippen LogP contribution in [0.1, 0.15) is 10.6 Å². The number of carbonyl (C=O) groups is 1. The highest BCUT2D eigenvalue weighted by Crippen LogP contribution is 2.26. The molecule has 0 saturated carbocycles. The van der Waals surface area contributed by atoms with Gasteiger partial charge in [0.2, 0.25) is 0 Å². The van der Waals surface area contributed by atoms with E-state index in [1.807, 2.05) is 36.4 Å². The van der Waals surface area contributed by atoms with Gasteiger partial charge in [0, 0.05) is 16.5 Å². The second kappa shape index (κ2) is 6.50. The summed E-state index contributed by atoms with van der Waals surface area (Å²) < 4.78 is 5.54. The van der Waals surface area contributed by atoms with Crippen LogP contribution in [0.5, 0.6) is 5.75 Å². The molecule has 0 saturated heterocycles. The first-order chi connectivity index (χ1) is 12.6. The third kappa shape index (κ3) is 3.10. The molecule has 0 atom stereocenters. The number of hydrogen-bond donors (Lipinski definition) is 3. The number of anilines is 1. The Morgan fingerprint density at radius 2 is 1.77 bits per heavy atom. The highest BCUT2D eigenvalue weighted by atomic mass is 32.1. The van der Waals surface area contributed by atoms with E-state index in [9.17, 15) is 9.90 Å². The second-order valence-corrected chi connectivity index (χ2v) is 6.18. The number of fused-ring (bicyclic) bond motifs is 2. The van der Waals surface area contributed by atoms with Crippen LogP contribution in [-0.2, 0) is 0 Å². The van der Waals surface area contributed by atoms with E-state index in [0.29, 0.717) is 5.58 Å². The van der Waals surface area contributed by atoms with Crippen molar-refractivity contribution in [3.05, 3.63) is 72.5 Å². The van der Waals surface area contributed by atoms with Gasteiger partial charge in [-0.25, -0.2) is 0 Å². The fraction of sp³-hybridized carbons (Fsp3) is 0. The van der Waals surface area contributed by atoms with E-state index >= 15 is 0 Å². The average Bonchev–Trinajstić information content (AvgIpc) is 3.06. The van der Waals surface area contributed by atoms with E-state index in [1.54, 1.807) is 30.3 Å². The minimum absolute atomic E-state index is 0.163. The molecule has 0 radical (unpaired) electrons. The summed E-state index contributed by atoms with van der Waals surface area (Å²) in [6.45, 7) is 0. The first kappa shape index (κ1) is 16.1. The molecule has 0 aliphatic rings. The summed E-state index contributed by atoms with van der Waals surface area (Å²) in [6.07, 6.45) is 0. The van der Waals surface area contributed by atoms with Gasteiger partial charge in [-0.3, -0.25) is 10.1 Å². The Labute approximate surface area is 154 Å². The molecule has 6 heteroatoms. The van der Waals surface area contributed by atoms with Crippen molar-refractivity contribution in [2.24, 2.45) is 0 Å². The van der Waals surface area contributed by atoms with Crippen molar-refractivity contribution < 1.29 is 14.3 Å². The van der Waals surface area contributed by atoms with E-state index in [2.05, 4.69) is 10.6 Å². The lowest BCUT2D eigenvalue weighted by Gasteiger charge is -2.11. The normalized spacial score (nSPS) is 10.8. The van der Waals surface area contributed by atoms with Crippen LogP contribution in [0.4, 0.5) is 5.69 Å². The third-order valence-electron chi connectivity index (χ3n) is 3.99. The van der Waals surface area contributed by atoms with Crippen molar-refractivity contribution in [1.29, 1.82) is 0 Å². The number of amides is 1. The number of nitrogens with one attached hydrogen (secondary N) is 2. The topological polar surface area (TPSA) is 74.5 Å². The lowest BCUT2D eigenvalue weighted by molar-refractivity contribution is 0.0953. The molecule has 128 valence electrons. The van der Waals surface area contributed by atoms with E-state index in [4.69, 9.17) is 16.6 Å². The smallest absolute Gasteiger partial charge is 0.293 e. The number of para-hydroxylation sites is 1. The Morgan fingerprint density at radius 3 is 2.62 bits per heavy atom. The third-order valence-corrected chi connectivity index (χ3v) is 4.19. The van der Waals surface area contributed by atoms with Crippen molar-refractivity contribution in [3.63, 3.8) is 0 Å². The zero-order chi connectivity index (χ0) is 18.1. The average molecular weight is 362 g/mol. The van der Waals surface area contributed by atoms with Gasteiger partial charge in [0.25, 0.3) is 5.91 Å². The minimum Gasteiger partial charge on any atom is -0.508 e. The first-order valence-corrected chi connectivity index (χ1v) is 8.34. The van der Waals surface area contributed by atoms with Gasteiger partial charge in [0.1, 0.15) is 11.3 Å². The van der Waals surface area contributed by atoms with Crippen LogP contribution in [0.15, 0.2) is 71.1 Å². The lowest BCUT2D eigenvalue weighted by Crippen LogP contribution is -2.33. The Bertz CT molecular complexity index is 1120. The number of rotatable bonds is 2. The Hall–Kier alpha value is -3.38. The van der Waals surface area contributed by atoms with Gasteiger partial charge in [0.05, 0.1) is 0 Å². The van der Waals surface area contributed by atoms with Gasteiger partial charge in [-0.1, -0.05) is 30.3 Å². The van der Waals surface area contributed by atoms with E-state index in [0.717, 1.165) is 21.8 Å². The largest absolute Gasteiger partial charge is 0.508 e. The number of phenolic OH excluding ortho intramolecular Hbond substituents is 1. The number of hydrogen-bond acceptors (Lipinski definition) is 4. The molecular weight excluding hydrogens is 348 g/mol. The summed E-state index contributed by atoms with van der Waals surface area (Å²) >= 11 is 5.25. The zero-order valence-electron chi connectivity index (χ0n) is 13.5. The van der Waals surface area contributed by atoms with Gasteiger partial charge in [0.15, 0.2) is 10.9 Å².